The first-order valence-corrected chi connectivity index (χ1v) is 7.39. The Labute approximate surface area is 121 Å². The first-order chi connectivity index (χ1) is 9.45. The molecule has 110 valence electrons. The maximum Gasteiger partial charge on any atom is 0.306 e. The van der Waals surface area contributed by atoms with Crippen molar-refractivity contribution in [2.45, 2.75) is 53.1 Å². The molecule has 1 aromatic rings. The number of aliphatic hydroxyl groups excluding tert-OH is 1. The minimum absolute atomic E-state index is 0.0264. The number of carbonyl (C=O) groups is 1. The van der Waals surface area contributed by atoms with E-state index in [0.717, 1.165) is 24.0 Å². The Morgan fingerprint density at radius 2 is 2.05 bits per heavy atom. The highest BCUT2D eigenvalue weighted by molar-refractivity contribution is 5.70. The van der Waals surface area contributed by atoms with E-state index in [2.05, 4.69) is 26.8 Å². The number of rotatable bonds is 3. The third kappa shape index (κ3) is 2.73. The molecule has 0 aromatic heterocycles. The molecular weight excluding hydrogens is 252 g/mol. The van der Waals surface area contributed by atoms with Gasteiger partial charge in [-0.1, -0.05) is 6.07 Å². The van der Waals surface area contributed by atoms with Crippen LogP contribution in [0.25, 0.3) is 0 Å². The highest BCUT2D eigenvalue weighted by atomic mass is 16.5. The van der Waals surface area contributed by atoms with Crippen LogP contribution in [0.15, 0.2) is 6.07 Å². The zero-order chi connectivity index (χ0) is 14.9. The van der Waals surface area contributed by atoms with Crippen molar-refractivity contribution in [3.05, 3.63) is 33.9 Å². The minimum atomic E-state index is -0.554. The maximum atomic E-state index is 11.7. The van der Waals surface area contributed by atoms with E-state index in [1.165, 1.54) is 16.7 Å². The van der Waals surface area contributed by atoms with Crippen LogP contribution >= 0.6 is 0 Å². The summed E-state index contributed by atoms with van der Waals surface area (Å²) in [6.45, 7) is 8.44. The van der Waals surface area contributed by atoms with Crippen LogP contribution in [0, 0.1) is 26.7 Å². The average Bonchev–Trinajstić information content (AvgIpc) is 2.38. The van der Waals surface area contributed by atoms with Crippen molar-refractivity contribution in [2.24, 2.45) is 5.92 Å². The Kier molecular flexibility index (Phi) is 4.48. The van der Waals surface area contributed by atoms with Gasteiger partial charge in [0.05, 0.1) is 19.1 Å². The van der Waals surface area contributed by atoms with E-state index in [4.69, 9.17) is 4.74 Å². The molecule has 0 saturated heterocycles. The molecule has 0 heterocycles. The molecule has 20 heavy (non-hydrogen) atoms. The summed E-state index contributed by atoms with van der Waals surface area (Å²) in [5.41, 5.74) is 5.92. The van der Waals surface area contributed by atoms with E-state index >= 15 is 0 Å². The van der Waals surface area contributed by atoms with Gasteiger partial charge in [0, 0.05) is 0 Å². The number of esters is 1. The number of hydrogen-bond acceptors (Lipinski definition) is 3. The maximum absolute atomic E-state index is 11.7. The number of aryl methyl sites for hydroxylation is 2. The molecule has 3 nitrogen and oxygen atoms in total. The van der Waals surface area contributed by atoms with E-state index in [-0.39, 0.29) is 11.9 Å². The summed E-state index contributed by atoms with van der Waals surface area (Å²) >= 11 is 0. The molecule has 0 radical (unpaired) electrons. The monoisotopic (exact) mass is 276 g/mol. The Hall–Kier alpha value is -1.35. The van der Waals surface area contributed by atoms with E-state index in [0.29, 0.717) is 13.0 Å². The Morgan fingerprint density at radius 1 is 1.35 bits per heavy atom. The topological polar surface area (TPSA) is 46.5 Å². The van der Waals surface area contributed by atoms with Crippen molar-refractivity contribution < 1.29 is 14.6 Å². The van der Waals surface area contributed by atoms with Gasteiger partial charge in [0.15, 0.2) is 0 Å². The third-order valence-electron chi connectivity index (χ3n) is 4.47. The molecule has 0 spiro atoms. The van der Waals surface area contributed by atoms with Crippen LogP contribution in [0.2, 0.25) is 0 Å². The third-order valence-corrected chi connectivity index (χ3v) is 4.47. The molecule has 2 rings (SSSR count). The van der Waals surface area contributed by atoms with Crippen molar-refractivity contribution in [1.82, 2.24) is 0 Å². The lowest BCUT2D eigenvalue weighted by Gasteiger charge is -2.32. The number of ether oxygens (including phenoxy) is 1. The quantitative estimate of drug-likeness (QED) is 0.863. The van der Waals surface area contributed by atoms with Crippen LogP contribution in [-0.2, 0) is 16.0 Å². The van der Waals surface area contributed by atoms with Gasteiger partial charge >= 0.3 is 5.97 Å². The standard InChI is InChI=1S/C17H24O3/c1-5-20-15(18)9-13-6-7-14-11(3)8-10(2)12(4)16(14)17(13)19/h8,13,17,19H,5-7,9H2,1-4H3. The van der Waals surface area contributed by atoms with Crippen LogP contribution in [0.1, 0.15) is 53.7 Å². The van der Waals surface area contributed by atoms with Crippen molar-refractivity contribution in [3.8, 4) is 0 Å². The molecule has 2 unspecified atom stereocenters. The molecule has 1 aliphatic rings. The molecule has 3 heteroatoms. The average molecular weight is 276 g/mol. The van der Waals surface area contributed by atoms with Gasteiger partial charge in [-0.3, -0.25) is 4.79 Å². The van der Waals surface area contributed by atoms with Gasteiger partial charge in [0.25, 0.3) is 0 Å². The van der Waals surface area contributed by atoms with Crippen molar-refractivity contribution in [3.63, 3.8) is 0 Å². The Morgan fingerprint density at radius 3 is 2.70 bits per heavy atom. The second-order valence-corrected chi connectivity index (χ2v) is 5.78. The second-order valence-electron chi connectivity index (χ2n) is 5.78. The molecule has 0 amide bonds. The van der Waals surface area contributed by atoms with Gasteiger partial charge in [-0.25, -0.2) is 0 Å². The van der Waals surface area contributed by atoms with Gasteiger partial charge in [-0.05, 0) is 74.3 Å². The summed E-state index contributed by atoms with van der Waals surface area (Å²) in [6.07, 6.45) is 1.53. The fourth-order valence-corrected chi connectivity index (χ4v) is 3.27. The largest absolute Gasteiger partial charge is 0.466 e. The number of fused-ring (bicyclic) bond motifs is 1. The Balaban J connectivity index is 2.29. The van der Waals surface area contributed by atoms with Gasteiger partial charge < -0.3 is 9.84 Å². The lowest BCUT2D eigenvalue weighted by molar-refractivity contribution is -0.145. The van der Waals surface area contributed by atoms with Crippen LogP contribution in [-0.4, -0.2) is 17.7 Å². The van der Waals surface area contributed by atoms with Gasteiger partial charge in [0.1, 0.15) is 0 Å². The van der Waals surface area contributed by atoms with Crippen molar-refractivity contribution >= 4 is 5.97 Å². The predicted molar refractivity (Wildman–Crippen MR) is 78.7 cm³/mol. The number of hydrogen-bond donors (Lipinski definition) is 1. The van der Waals surface area contributed by atoms with E-state index < -0.39 is 6.10 Å². The highest BCUT2D eigenvalue weighted by Gasteiger charge is 2.32. The van der Waals surface area contributed by atoms with Crippen LogP contribution < -0.4 is 0 Å². The van der Waals surface area contributed by atoms with Gasteiger partial charge in [-0.15, -0.1) is 0 Å². The number of aliphatic hydroxyl groups is 1. The molecule has 0 saturated carbocycles. The van der Waals surface area contributed by atoms with E-state index in [1.807, 2.05) is 0 Å². The highest BCUT2D eigenvalue weighted by Crippen LogP contribution is 2.40. The normalized spacial score (nSPS) is 21.4. The van der Waals surface area contributed by atoms with Crippen LogP contribution in [0.4, 0.5) is 0 Å². The molecule has 0 aliphatic heterocycles. The minimum Gasteiger partial charge on any atom is -0.466 e. The number of benzene rings is 1. The summed E-state index contributed by atoms with van der Waals surface area (Å²) in [7, 11) is 0. The summed E-state index contributed by atoms with van der Waals surface area (Å²) in [4.78, 5) is 11.7. The number of carbonyl (C=O) groups excluding carboxylic acids is 1. The van der Waals surface area contributed by atoms with E-state index in [1.54, 1.807) is 6.92 Å². The zero-order valence-corrected chi connectivity index (χ0v) is 12.8. The summed E-state index contributed by atoms with van der Waals surface area (Å²) < 4.78 is 5.01. The van der Waals surface area contributed by atoms with Crippen molar-refractivity contribution in [1.29, 1.82) is 0 Å². The SMILES string of the molecule is CCOC(=O)CC1CCc2c(C)cc(C)c(C)c2C1O. The molecule has 1 N–H and O–H groups in total. The van der Waals surface area contributed by atoms with Crippen LogP contribution in [0.3, 0.4) is 0 Å². The fourth-order valence-electron chi connectivity index (χ4n) is 3.27. The lowest BCUT2D eigenvalue weighted by Crippen LogP contribution is -2.25. The fraction of sp³-hybridized carbons (Fsp3) is 0.588. The molecule has 1 aromatic carbocycles. The molecule has 2 atom stereocenters. The molecular formula is C17H24O3. The first-order valence-electron chi connectivity index (χ1n) is 7.39. The predicted octanol–water partition coefficient (Wildman–Crippen LogP) is 3.16. The molecule has 0 fully saturated rings. The first kappa shape index (κ1) is 15.0. The molecule has 1 aliphatic carbocycles. The lowest BCUT2D eigenvalue weighted by atomic mass is 9.75. The summed E-state index contributed by atoms with van der Waals surface area (Å²) in [6, 6.07) is 2.19. The van der Waals surface area contributed by atoms with Gasteiger partial charge in [-0.2, -0.15) is 0 Å². The van der Waals surface area contributed by atoms with E-state index in [9.17, 15) is 9.90 Å². The van der Waals surface area contributed by atoms with Gasteiger partial charge in [0.2, 0.25) is 0 Å². The van der Waals surface area contributed by atoms with Crippen LogP contribution in [0.5, 0.6) is 0 Å². The summed E-state index contributed by atoms with van der Waals surface area (Å²) in [5.74, 6) is -0.233. The second kappa shape index (κ2) is 5.96. The van der Waals surface area contributed by atoms with Crippen molar-refractivity contribution in [2.75, 3.05) is 6.61 Å². The Bertz CT molecular complexity index is 519. The smallest absolute Gasteiger partial charge is 0.306 e. The zero-order valence-electron chi connectivity index (χ0n) is 12.8. The molecule has 0 bridgehead atoms. The summed E-state index contributed by atoms with van der Waals surface area (Å²) in [5, 5.41) is 10.7.